The molecule has 1 rings (SSSR count). The molecule has 0 aromatic heterocycles. The van der Waals surface area contributed by atoms with Gasteiger partial charge in [-0.15, -0.1) is 0 Å². The first-order valence-corrected chi connectivity index (χ1v) is 5.53. The molecule has 0 saturated heterocycles. The third-order valence-corrected chi connectivity index (χ3v) is 2.56. The highest BCUT2D eigenvalue weighted by Crippen LogP contribution is 2.23. The van der Waals surface area contributed by atoms with Crippen LogP contribution in [0, 0.1) is 20.3 Å². The second-order valence-corrected chi connectivity index (χ2v) is 4.37. The van der Waals surface area contributed by atoms with Crippen LogP contribution < -0.4 is 11.2 Å². The summed E-state index contributed by atoms with van der Waals surface area (Å²) >= 11 is 8.06. The van der Waals surface area contributed by atoms with Crippen molar-refractivity contribution in [2.75, 3.05) is 5.43 Å². The Morgan fingerprint density at radius 3 is 2.81 bits per heavy atom. The molecule has 7 heteroatoms. The SMILES string of the molecule is N#C/C(=N\Nc1ccc(I)cc1Cl)C(=N)N. The zero-order valence-corrected chi connectivity index (χ0v) is 10.9. The maximum absolute atomic E-state index is 8.61. The number of amidine groups is 1. The molecule has 0 saturated carbocycles. The summed E-state index contributed by atoms with van der Waals surface area (Å²) < 4.78 is 0.990. The number of nitrogens with zero attached hydrogens (tertiary/aromatic N) is 2. The molecule has 0 radical (unpaired) electrons. The lowest BCUT2D eigenvalue weighted by atomic mass is 10.3. The molecular formula is C9H7ClIN5. The van der Waals surface area contributed by atoms with Gasteiger partial charge in [-0.1, -0.05) is 11.6 Å². The summed E-state index contributed by atoms with van der Waals surface area (Å²) in [6, 6.07) is 7.01. The highest BCUT2D eigenvalue weighted by atomic mass is 127. The first-order chi connectivity index (χ1) is 7.54. The summed E-state index contributed by atoms with van der Waals surface area (Å²) in [4.78, 5) is 0. The zero-order valence-electron chi connectivity index (χ0n) is 7.96. The van der Waals surface area contributed by atoms with Gasteiger partial charge in [-0.2, -0.15) is 10.4 Å². The number of hydrogen-bond acceptors (Lipinski definition) is 4. The molecule has 5 nitrogen and oxygen atoms in total. The lowest BCUT2D eigenvalue weighted by Crippen LogP contribution is -2.21. The standard InChI is InChI=1S/C9H7ClIN5/c10-6-3-5(11)1-2-7(6)15-16-8(4-12)9(13)14/h1-3,15H,(H3,13,14)/b16-8+. The molecule has 1 aromatic rings. The van der Waals surface area contributed by atoms with Crippen LogP contribution >= 0.6 is 34.2 Å². The second-order valence-electron chi connectivity index (χ2n) is 2.72. The second kappa shape index (κ2) is 5.67. The van der Waals surface area contributed by atoms with Crippen LogP contribution in [-0.4, -0.2) is 11.5 Å². The Labute approximate surface area is 111 Å². The van der Waals surface area contributed by atoms with Gasteiger partial charge in [0.05, 0.1) is 10.7 Å². The van der Waals surface area contributed by atoms with Crippen LogP contribution in [0.5, 0.6) is 0 Å². The van der Waals surface area contributed by atoms with E-state index in [-0.39, 0.29) is 5.71 Å². The fraction of sp³-hybridized carbons (Fsp3) is 0. The van der Waals surface area contributed by atoms with Gasteiger partial charge >= 0.3 is 0 Å². The monoisotopic (exact) mass is 347 g/mol. The van der Waals surface area contributed by atoms with E-state index in [1.54, 1.807) is 18.2 Å². The van der Waals surface area contributed by atoms with Crippen molar-refractivity contribution in [1.29, 1.82) is 10.7 Å². The lowest BCUT2D eigenvalue weighted by Gasteiger charge is -2.03. The number of nitrogens with one attached hydrogen (secondary N) is 2. The molecule has 0 aliphatic carbocycles. The number of nitrogens with two attached hydrogens (primary N) is 1. The highest BCUT2D eigenvalue weighted by molar-refractivity contribution is 14.1. The van der Waals surface area contributed by atoms with E-state index in [1.807, 2.05) is 6.07 Å². The molecule has 16 heavy (non-hydrogen) atoms. The van der Waals surface area contributed by atoms with Crippen LogP contribution in [0.3, 0.4) is 0 Å². The Hall–Kier alpha value is -1.33. The molecule has 0 spiro atoms. The van der Waals surface area contributed by atoms with Crippen LogP contribution in [0.15, 0.2) is 23.3 Å². The molecule has 4 N–H and O–H groups in total. The van der Waals surface area contributed by atoms with Crippen molar-refractivity contribution in [3.63, 3.8) is 0 Å². The molecule has 0 bridgehead atoms. The van der Waals surface area contributed by atoms with Crippen molar-refractivity contribution >= 4 is 51.4 Å². The van der Waals surface area contributed by atoms with Crippen LogP contribution in [0.4, 0.5) is 5.69 Å². The summed E-state index contributed by atoms with van der Waals surface area (Å²) in [7, 11) is 0. The van der Waals surface area contributed by atoms with E-state index in [0.717, 1.165) is 3.57 Å². The fourth-order valence-electron chi connectivity index (χ4n) is 0.842. The average Bonchev–Trinajstić information content (AvgIpc) is 2.21. The van der Waals surface area contributed by atoms with E-state index < -0.39 is 5.84 Å². The molecule has 0 atom stereocenters. The minimum Gasteiger partial charge on any atom is -0.382 e. The first-order valence-electron chi connectivity index (χ1n) is 4.08. The summed E-state index contributed by atoms with van der Waals surface area (Å²) in [6.45, 7) is 0. The Kier molecular flexibility index (Phi) is 4.52. The smallest absolute Gasteiger partial charge is 0.201 e. The van der Waals surface area contributed by atoms with Crippen molar-refractivity contribution in [3.8, 4) is 6.07 Å². The van der Waals surface area contributed by atoms with Gasteiger partial charge in [0.15, 0.2) is 5.84 Å². The quantitative estimate of drug-likeness (QED) is 0.338. The minimum absolute atomic E-state index is 0.186. The van der Waals surface area contributed by atoms with Crippen LogP contribution in [0.2, 0.25) is 5.02 Å². The average molecular weight is 348 g/mol. The third kappa shape index (κ3) is 3.36. The van der Waals surface area contributed by atoms with Crippen LogP contribution in [0.25, 0.3) is 0 Å². The van der Waals surface area contributed by atoms with Gasteiger partial charge in [0.1, 0.15) is 6.07 Å². The topological polar surface area (TPSA) is 98.0 Å². The molecule has 0 unspecified atom stereocenters. The van der Waals surface area contributed by atoms with Crippen molar-refractivity contribution in [1.82, 2.24) is 0 Å². The fourth-order valence-corrected chi connectivity index (χ4v) is 1.74. The molecule has 0 aliphatic rings. The maximum atomic E-state index is 8.61. The van der Waals surface area contributed by atoms with E-state index >= 15 is 0 Å². The molecule has 0 fully saturated rings. The van der Waals surface area contributed by atoms with Crippen LogP contribution in [0.1, 0.15) is 0 Å². The summed E-state index contributed by atoms with van der Waals surface area (Å²) in [5.41, 5.74) is 8.08. The minimum atomic E-state index is -0.392. The predicted octanol–water partition coefficient (Wildman–Crippen LogP) is 2.17. The van der Waals surface area contributed by atoms with Crippen molar-refractivity contribution < 1.29 is 0 Å². The number of rotatable bonds is 3. The number of nitriles is 1. The maximum Gasteiger partial charge on any atom is 0.201 e. The summed E-state index contributed by atoms with van der Waals surface area (Å²) in [6.07, 6.45) is 0. The van der Waals surface area contributed by atoms with Crippen molar-refractivity contribution in [3.05, 3.63) is 26.8 Å². The van der Waals surface area contributed by atoms with E-state index in [9.17, 15) is 0 Å². The molecule has 0 aliphatic heterocycles. The van der Waals surface area contributed by atoms with Gasteiger partial charge in [-0.25, -0.2) is 0 Å². The normalized spacial score (nSPS) is 10.7. The van der Waals surface area contributed by atoms with Gasteiger partial charge in [0, 0.05) is 3.57 Å². The van der Waals surface area contributed by atoms with Gasteiger partial charge < -0.3 is 5.73 Å². The van der Waals surface area contributed by atoms with E-state index in [2.05, 4.69) is 33.1 Å². The van der Waals surface area contributed by atoms with Gasteiger partial charge in [-0.05, 0) is 40.8 Å². The first kappa shape index (κ1) is 12.7. The van der Waals surface area contributed by atoms with Gasteiger partial charge in [0.2, 0.25) is 5.71 Å². The van der Waals surface area contributed by atoms with Crippen LogP contribution in [-0.2, 0) is 0 Å². The van der Waals surface area contributed by atoms with E-state index in [1.165, 1.54) is 0 Å². The predicted molar refractivity (Wildman–Crippen MR) is 72.8 cm³/mol. The van der Waals surface area contributed by atoms with E-state index in [0.29, 0.717) is 10.7 Å². The number of anilines is 1. The Balaban J connectivity index is 2.90. The van der Waals surface area contributed by atoms with Gasteiger partial charge in [-0.3, -0.25) is 10.8 Å². The summed E-state index contributed by atoms with van der Waals surface area (Å²) in [5.74, 6) is -0.392. The Morgan fingerprint density at radius 1 is 1.62 bits per heavy atom. The Bertz CT molecular complexity index is 491. The molecule has 0 heterocycles. The number of benzene rings is 1. The number of halogens is 2. The highest BCUT2D eigenvalue weighted by Gasteiger charge is 2.03. The lowest BCUT2D eigenvalue weighted by molar-refractivity contribution is 1.33. The van der Waals surface area contributed by atoms with Crippen molar-refractivity contribution in [2.45, 2.75) is 0 Å². The number of hydrogen-bond donors (Lipinski definition) is 3. The van der Waals surface area contributed by atoms with E-state index in [4.69, 9.17) is 28.0 Å². The third-order valence-electron chi connectivity index (χ3n) is 1.58. The summed E-state index contributed by atoms with van der Waals surface area (Å²) in [5, 5.41) is 19.8. The number of hydrazone groups is 1. The molecule has 0 amide bonds. The Morgan fingerprint density at radius 2 is 2.31 bits per heavy atom. The molecular weight excluding hydrogens is 340 g/mol. The molecule has 1 aromatic carbocycles. The zero-order chi connectivity index (χ0) is 12.1. The van der Waals surface area contributed by atoms with Gasteiger partial charge in [0.25, 0.3) is 0 Å². The molecule has 82 valence electrons. The largest absolute Gasteiger partial charge is 0.382 e. The van der Waals surface area contributed by atoms with Crippen molar-refractivity contribution in [2.24, 2.45) is 10.8 Å².